The van der Waals surface area contributed by atoms with Gasteiger partial charge >= 0.3 is 0 Å². The lowest BCUT2D eigenvalue weighted by atomic mass is 9.85. The fraction of sp³-hybridized carbons (Fsp3) is 0.200. The van der Waals surface area contributed by atoms with Gasteiger partial charge in [-0.05, 0) is 49.1 Å². The topological polar surface area (TPSA) is 66.8 Å². The molecule has 0 bridgehead atoms. The van der Waals surface area contributed by atoms with Crippen LogP contribution in [0.3, 0.4) is 0 Å². The van der Waals surface area contributed by atoms with E-state index in [4.69, 9.17) is 10.5 Å². The van der Waals surface area contributed by atoms with Crippen molar-refractivity contribution in [2.75, 3.05) is 7.11 Å². The largest absolute Gasteiger partial charge is 0.496 e. The number of H-pyrrole nitrogens is 2. The van der Waals surface area contributed by atoms with Gasteiger partial charge in [0.2, 0.25) is 0 Å². The lowest BCUT2D eigenvalue weighted by Crippen LogP contribution is -2.35. The van der Waals surface area contributed by atoms with E-state index in [1.165, 1.54) is 0 Å². The molecule has 1 atom stereocenters. The van der Waals surface area contributed by atoms with Crippen LogP contribution in [0.25, 0.3) is 21.8 Å². The minimum atomic E-state index is -0.710. The quantitative estimate of drug-likeness (QED) is 0.530. The maximum Gasteiger partial charge on any atom is 0.125 e. The number of rotatable bonds is 3. The Bertz CT molecular complexity index is 1010. The predicted molar refractivity (Wildman–Crippen MR) is 98.5 cm³/mol. The number of hydrogen-bond donors (Lipinski definition) is 3. The molecule has 0 fully saturated rings. The second kappa shape index (κ2) is 5.14. The average Bonchev–Trinajstić information content (AvgIpc) is 3.21. The summed E-state index contributed by atoms with van der Waals surface area (Å²) in [5.74, 6) is 0.809. The first-order valence-electron chi connectivity index (χ1n) is 8.04. The summed E-state index contributed by atoms with van der Waals surface area (Å²) in [5, 5.41) is 2.25. The second-order valence-electron chi connectivity index (χ2n) is 6.51. The highest BCUT2D eigenvalue weighted by Crippen LogP contribution is 2.40. The Morgan fingerprint density at radius 3 is 2.67 bits per heavy atom. The zero-order valence-corrected chi connectivity index (χ0v) is 14.1. The first-order valence-corrected chi connectivity index (χ1v) is 8.04. The zero-order valence-electron chi connectivity index (χ0n) is 14.1. The van der Waals surface area contributed by atoms with Crippen LogP contribution in [0, 0.1) is 6.92 Å². The SMILES string of the molecule is COc1cc(C)c2[nH]ccc2c1C(C)(N)c1cc2ccccc2[nH]1. The number of nitrogens with one attached hydrogen (secondary N) is 2. The molecule has 4 rings (SSSR count). The van der Waals surface area contributed by atoms with Crippen molar-refractivity contribution in [3.05, 3.63) is 65.5 Å². The van der Waals surface area contributed by atoms with Gasteiger partial charge in [-0.1, -0.05) is 18.2 Å². The fourth-order valence-corrected chi connectivity index (χ4v) is 3.56. The Morgan fingerprint density at radius 1 is 1.12 bits per heavy atom. The smallest absolute Gasteiger partial charge is 0.125 e. The lowest BCUT2D eigenvalue weighted by Gasteiger charge is -2.27. The van der Waals surface area contributed by atoms with Gasteiger partial charge < -0.3 is 20.4 Å². The summed E-state index contributed by atoms with van der Waals surface area (Å²) in [5.41, 5.74) is 11.4. The third-order valence-corrected chi connectivity index (χ3v) is 4.83. The molecule has 0 radical (unpaired) electrons. The van der Waals surface area contributed by atoms with Crippen LogP contribution in [-0.4, -0.2) is 17.1 Å². The number of ether oxygens (including phenoxy) is 1. The summed E-state index contributed by atoms with van der Waals surface area (Å²) in [6, 6.07) is 14.4. The summed E-state index contributed by atoms with van der Waals surface area (Å²) in [6.07, 6.45) is 1.95. The normalized spacial score (nSPS) is 14.2. The first kappa shape index (κ1) is 14.8. The van der Waals surface area contributed by atoms with E-state index in [0.717, 1.165) is 44.4 Å². The molecule has 2 aromatic heterocycles. The predicted octanol–water partition coefficient (Wildman–Crippen LogP) is 4.19. The molecule has 2 aromatic carbocycles. The van der Waals surface area contributed by atoms with Crippen molar-refractivity contribution < 1.29 is 4.74 Å². The Morgan fingerprint density at radius 2 is 1.92 bits per heavy atom. The van der Waals surface area contributed by atoms with Gasteiger partial charge in [-0.2, -0.15) is 0 Å². The van der Waals surface area contributed by atoms with Crippen LogP contribution in [0.5, 0.6) is 5.75 Å². The molecule has 0 aliphatic rings. The first-order chi connectivity index (χ1) is 11.5. The van der Waals surface area contributed by atoms with Gasteiger partial charge in [0.1, 0.15) is 5.75 Å². The Hall–Kier alpha value is -2.72. The minimum absolute atomic E-state index is 0.710. The number of hydrogen-bond acceptors (Lipinski definition) is 2. The lowest BCUT2D eigenvalue weighted by molar-refractivity contribution is 0.399. The number of para-hydroxylation sites is 1. The van der Waals surface area contributed by atoms with Crippen molar-refractivity contribution in [1.29, 1.82) is 0 Å². The molecule has 4 heteroatoms. The Balaban J connectivity index is 2.01. The van der Waals surface area contributed by atoms with E-state index in [9.17, 15) is 0 Å². The van der Waals surface area contributed by atoms with E-state index in [0.29, 0.717) is 0 Å². The minimum Gasteiger partial charge on any atom is -0.496 e. The third-order valence-electron chi connectivity index (χ3n) is 4.83. The van der Waals surface area contributed by atoms with Crippen molar-refractivity contribution in [3.63, 3.8) is 0 Å². The van der Waals surface area contributed by atoms with E-state index in [1.807, 2.05) is 31.3 Å². The van der Waals surface area contributed by atoms with Crippen molar-refractivity contribution >= 4 is 21.8 Å². The van der Waals surface area contributed by atoms with Gasteiger partial charge in [-0.3, -0.25) is 0 Å². The summed E-state index contributed by atoms with van der Waals surface area (Å²) in [6.45, 7) is 4.10. The van der Waals surface area contributed by atoms with Crippen molar-refractivity contribution in [1.82, 2.24) is 9.97 Å². The highest BCUT2D eigenvalue weighted by Gasteiger charge is 2.32. The van der Waals surface area contributed by atoms with Crippen molar-refractivity contribution in [2.24, 2.45) is 5.73 Å². The Kier molecular flexibility index (Phi) is 3.18. The summed E-state index contributed by atoms with van der Waals surface area (Å²) >= 11 is 0. The molecular formula is C20H21N3O. The second-order valence-corrected chi connectivity index (χ2v) is 6.51. The molecule has 0 amide bonds. The van der Waals surface area contributed by atoms with E-state index >= 15 is 0 Å². The Labute approximate surface area is 140 Å². The molecule has 24 heavy (non-hydrogen) atoms. The van der Waals surface area contributed by atoms with Gasteiger partial charge in [0.15, 0.2) is 0 Å². The number of benzene rings is 2. The summed E-state index contributed by atoms with van der Waals surface area (Å²) in [4.78, 5) is 6.77. The highest BCUT2D eigenvalue weighted by molar-refractivity contribution is 5.90. The zero-order chi connectivity index (χ0) is 16.9. The van der Waals surface area contributed by atoms with Crippen LogP contribution in [-0.2, 0) is 5.54 Å². The molecule has 0 aliphatic heterocycles. The van der Waals surface area contributed by atoms with Crippen LogP contribution in [0.1, 0.15) is 23.7 Å². The van der Waals surface area contributed by atoms with Crippen LogP contribution in [0.4, 0.5) is 0 Å². The number of fused-ring (bicyclic) bond motifs is 2. The van der Waals surface area contributed by atoms with Gasteiger partial charge in [-0.15, -0.1) is 0 Å². The van der Waals surface area contributed by atoms with Gasteiger partial charge in [-0.25, -0.2) is 0 Å². The molecule has 4 aromatic rings. The molecule has 0 aliphatic carbocycles. The molecule has 4 nitrogen and oxygen atoms in total. The number of aromatic nitrogens is 2. The van der Waals surface area contributed by atoms with E-state index < -0.39 is 5.54 Å². The van der Waals surface area contributed by atoms with Gasteiger partial charge in [0, 0.05) is 33.9 Å². The maximum atomic E-state index is 6.85. The van der Waals surface area contributed by atoms with Gasteiger partial charge in [0.25, 0.3) is 0 Å². The number of nitrogens with two attached hydrogens (primary N) is 1. The molecule has 2 heterocycles. The molecule has 0 saturated carbocycles. The molecular weight excluding hydrogens is 298 g/mol. The standard InChI is InChI=1S/C20H21N3O/c1-12-10-16(24-3)18(14-8-9-22-19(12)14)20(2,21)17-11-13-6-4-5-7-15(13)23-17/h4-11,22-23H,21H2,1-3H3. The summed E-state index contributed by atoms with van der Waals surface area (Å²) < 4.78 is 5.68. The number of aryl methyl sites for hydroxylation is 1. The van der Waals surface area contributed by atoms with Crippen LogP contribution < -0.4 is 10.5 Å². The fourth-order valence-electron chi connectivity index (χ4n) is 3.56. The molecule has 0 saturated heterocycles. The van der Waals surface area contributed by atoms with E-state index in [1.54, 1.807) is 7.11 Å². The molecule has 122 valence electrons. The maximum absolute atomic E-state index is 6.85. The average molecular weight is 319 g/mol. The molecule has 4 N–H and O–H groups in total. The number of aromatic amines is 2. The van der Waals surface area contributed by atoms with Crippen LogP contribution >= 0.6 is 0 Å². The molecule has 0 spiro atoms. The van der Waals surface area contributed by atoms with Crippen LogP contribution in [0.15, 0.2) is 48.7 Å². The highest BCUT2D eigenvalue weighted by atomic mass is 16.5. The number of methoxy groups -OCH3 is 1. The van der Waals surface area contributed by atoms with Crippen LogP contribution in [0.2, 0.25) is 0 Å². The van der Waals surface area contributed by atoms with Crippen molar-refractivity contribution in [3.8, 4) is 5.75 Å². The van der Waals surface area contributed by atoms with Gasteiger partial charge in [0.05, 0.1) is 12.6 Å². The molecule has 1 unspecified atom stereocenters. The van der Waals surface area contributed by atoms with E-state index in [2.05, 4.69) is 41.2 Å². The third kappa shape index (κ3) is 2.03. The van der Waals surface area contributed by atoms with Crippen molar-refractivity contribution in [2.45, 2.75) is 19.4 Å². The monoisotopic (exact) mass is 319 g/mol. The van der Waals surface area contributed by atoms with E-state index in [-0.39, 0.29) is 0 Å². The summed E-state index contributed by atoms with van der Waals surface area (Å²) in [7, 11) is 1.69.